The Morgan fingerprint density at radius 3 is 2.69 bits per heavy atom. The van der Waals surface area contributed by atoms with Gasteiger partial charge in [-0.15, -0.1) is 10.2 Å². The zero-order valence-corrected chi connectivity index (χ0v) is 15.0. The highest BCUT2D eigenvalue weighted by Crippen LogP contribution is 2.14. The van der Waals surface area contributed by atoms with E-state index < -0.39 is 0 Å². The predicted octanol–water partition coefficient (Wildman–Crippen LogP) is 0.664. The molecule has 26 heavy (non-hydrogen) atoms. The van der Waals surface area contributed by atoms with E-state index in [0.717, 1.165) is 19.4 Å². The van der Waals surface area contributed by atoms with Crippen molar-refractivity contribution in [3.05, 3.63) is 17.8 Å². The van der Waals surface area contributed by atoms with Crippen LogP contribution in [0.2, 0.25) is 0 Å². The number of ether oxygens (including phenoxy) is 2. The summed E-state index contributed by atoms with van der Waals surface area (Å²) >= 11 is 0. The van der Waals surface area contributed by atoms with Crippen LogP contribution in [0.3, 0.4) is 0 Å². The molecule has 2 amide bonds. The van der Waals surface area contributed by atoms with Gasteiger partial charge in [0.1, 0.15) is 0 Å². The maximum absolute atomic E-state index is 12.1. The Bertz CT molecular complexity index is 610. The predicted molar refractivity (Wildman–Crippen MR) is 94.1 cm³/mol. The molecule has 0 aromatic carbocycles. The van der Waals surface area contributed by atoms with Crippen molar-refractivity contribution in [2.24, 2.45) is 0 Å². The fourth-order valence-corrected chi connectivity index (χ4v) is 3.05. The Balaban J connectivity index is 1.48. The molecule has 2 aliphatic heterocycles. The SMILES string of the molecule is CCOC(=O)N1CCN(c2ccc(C(=O)NCC3CCCO3)nn2)CC1. The fraction of sp³-hybridized carbons (Fsp3) is 0.647. The molecule has 1 N–H and O–H groups in total. The molecule has 9 heteroatoms. The van der Waals surface area contributed by atoms with Gasteiger partial charge in [0.05, 0.1) is 12.7 Å². The molecule has 0 saturated carbocycles. The maximum Gasteiger partial charge on any atom is 0.409 e. The summed E-state index contributed by atoms with van der Waals surface area (Å²) in [5, 5.41) is 11.0. The number of rotatable bonds is 5. The molecule has 1 aromatic rings. The second kappa shape index (κ2) is 8.79. The maximum atomic E-state index is 12.1. The van der Waals surface area contributed by atoms with Crippen LogP contribution in [0.25, 0.3) is 0 Å². The number of aromatic nitrogens is 2. The summed E-state index contributed by atoms with van der Waals surface area (Å²) < 4.78 is 10.5. The average molecular weight is 363 g/mol. The minimum absolute atomic E-state index is 0.0990. The van der Waals surface area contributed by atoms with Crippen molar-refractivity contribution < 1.29 is 19.1 Å². The van der Waals surface area contributed by atoms with Gasteiger partial charge in [0.15, 0.2) is 11.5 Å². The summed E-state index contributed by atoms with van der Waals surface area (Å²) in [6, 6.07) is 3.46. The van der Waals surface area contributed by atoms with Gasteiger partial charge in [0.25, 0.3) is 5.91 Å². The van der Waals surface area contributed by atoms with Crippen LogP contribution in [0.1, 0.15) is 30.3 Å². The molecule has 2 saturated heterocycles. The molecule has 142 valence electrons. The normalized spacial score (nSPS) is 20.1. The standard InChI is InChI=1S/C17H25N5O4/c1-2-25-17(24)22-9-7-21(8-10-22)15-6-5-14(19-20-15)16(23)18-12-13-4-3-11-26-13/h5-6,13H,2-4,7-12H2,1H3,(H,18,23). The molecule has 2 fully saturated rings. The number of anilines is 1. The molecule has 1 atom stereocenters. The Morgan fingerprint density at radius 1 is 1.27 bits per heavy atom. The fourth-order valence-electron chi connectivity index (χ4n) is 3.05. The number of nitrogens with zero attached hydrogens (tertiary/aromatic N) is 4. The number of carbonyl (C=O) groups excluding carboxylic acids is 2. The first kappa shape index (κ1) is 18.4. The van der Waals surface area contributed by atoms with Gasteiger partial charge in [-0.25, -0.2) is 4.79 Å². The van der Waals surface area contributed by atoms with Crippen LogP contribution in [0.5, 0.6) is 0 Å². The van der Waals surface area contributed by atoms with E-state index in [0.29, 0.717) is 45.1 Å². The average Bonchev–Trinajstić information content (AvgIpc) is 3.20. The molecule has 0 spiro atoms. The van der Waals surface area contributed by atoms with Gasteiger partial charge >= 0.3 is 6.09 Å². The number of amides is 2. The summed E-state index contributed by atoms with van der Waals surface area (Å²) in [7, 11) is 0. The summed E-state index contributed by atoms with van der Waals surface area (Å²) in [5.41, 5.74) is 0.289. The summed E-state index contributed by atoms with van der Waals surface area (Å²) in [4.78, 5) is 27.6. The quantitative estimate of drug-likeness (QED) is 0.821. The molecule has 3 rings (SSSR count). The Labute approximate surface area is 152 Å². The Hall–Kier alpha value is -2.42. The van der Waals surface area contributed by atoms with Gasteiger partial charge in [0, 0.05) is 39.3 Å². The van der Waals surface area contributed by atoms with Crippen LogP contribution >= 0.6 is 0 Å². The van der Waals surface area contributed by atoms with E-state index in [1.807, 2.05) is 4.90 Å². The highest BCUT2D eigenvalue weighted by Gasteiger charge is 2.23. The molecule has 2 aliphatic rings. The third-order valence-corrected chi connectivity index (χ3v) is 4.53. The van der Waals surface area contributed by atoms with Crippen molar-refractivity contribution in [2.75, 3.05) is 50.8 Å². The van der Waals surface area contributed by atoms with E-state index >= 15 is 0 Å². The number of hydrogen-bond donors (Lipinski definition) is 1. The van der Waals surface area contributed by atoms with Crippen LogP contribution < -0.4 is 10.2 Å². The van der Waals surface area contributed by atoms with Crippen LogP contribution in [-0.2, 0) is 9.47 Å². The molecule has 3 heterocycles. The first-order chi connectivity index (χ1) is 12.7. The topological polar surface area (TPSA) is 96.9 Å². The molecule has 0 bridgehead atoms. The first-order valence-corrected chi connectivity index (χ1v) is 9.07. The molecule has 0 radical (unpaired) electrons. The lowest BCUT2D eigenvalue weighted by Crippen LogP contribution is -2.49. The monoisotopic (exact) mass is 363 g/mol. The van der Waals surface area contributed by atoms with Crippen LogP contribution in [0, 0.1) is 0 Å². The number of nitrogens with one attached hydrogen (secondary N) is 1. The second-order valence-electron chi connectivity index (χ2n) is 6.29. The first-order valence-electron chi connectivity index (χ1n) is 9.07. The molecular weight excluding hydrogens is 338 g/mol. The van der Waals surface area contributed by atoms with Gasteiger partial charge < -0.3 is 24.6 Å². The lowest BCUT2D eigenvalue weighted by molar-refractivity contribution is 0.0852. The largest absolute Gasteiger partial charge is 0.450 e. The van der Waals surface area contributed by atoms with Crippen molar-refractivity contribution in [1.29, 1.82) is 0 Å². The summed E-state index contributed by atoms with van der Waals surface area (Å²) in [5.74, 6) is 0.455. The van der Waals surface area contributed by atoms with Crippen LogP contribution in [-0.4, -0.2) is 79.1 Å². The molecule has 1 unspecified atom stereocenters. The van der Waals surface area contributed by atoms with E-state index in [2.05, 4.69) is 15.5 Å². The number of piperazine rings is 1. The van der Waals surface area contributed by atoms with E-state index in [1.54, 1.807) is 24.0 Å². The van der Waals surface area contributed by atoms with Crippen LogP contribution in [0.4, 0.5) is 10.6 Å². The van der Waals surface area contributed by atoms with Gasteiger partial charge in [-0.1, -0.05) is 0 Å². The van der Waals surface area contributed by atoms with E-state index in [1.165, 1.54) is 0 Å². The highest BCUT2D eigenvalue weighted by atomic mass is 16.6. The van der Waals surface area contributed by atoms with Crippen molar-refractivity contribution in [1.82, 2.24) is 20.4 Å². The summed E-state index contributed by atoms with van der Waals surface area (Å²) in [6.45, 7) is 5.88. The van der Waals surface area contributed by atoms with Crippen molar-refractivity contribution in [2.45, 2.75) is 25.9 Å². The third-order valence-electron chi connectivity index (χ3n) is 4.53. The van der Waals surface area contributed by atoms with E-state index in [4.69, 9.17) is 9.47 Å². The molecule has 1 aromatic heterocycles. The zero-order chi connectivity index (χ0) is 18.4. The molecule has 9 nitrogen and oxygen atoms in total. The van der Waals surface area contributed by atoms with Crippen molar-refractivity contribution in [3.63, 3.8) is 0 Å². The van der Waals surface area contributed by atoms with Gasteiger partial charge in [-0.3, -0.25) is 4.79 Å². The number of carbonyl (C=O) groups is 2. The van der Waals surface area contributed by atoms with Gasteiger partial charge in [-0.05, 0) is 31.9 Å². The third kappa shape index (κ3) is 4.60. The van der Waals surface area contributed by atoms with E-state index in [9.17, 15) is 9.59 Å². The second-order valence-corrected chi connectivity index (χ2v) is 6.29. The lowest BCUT2D eigenvalue weighted by Gasteiger charge is -2.34. The van der Waals surface area contributed by atoms with Crippen LogP contribution in [0.15, 0.2) is 12.1 Å². The smallest absolute Gasteiger partial charge is 0.409 e. The Morgan fingerprint density at radius 2 is 2.08 bits per heavy atom. The van der Waals surface area contributed by atoms with Crippen molar-refractivity contribution in [3.8, 4) is 0 Å². The minimum Gasteiger partial charge on any atom is -0.450 e. The minimum atomic E-state index is -0.281. The number of hydrogen-bond acceptors (Lipinski definition) is 7. The summed E-state index contributed by atoms with van der Waals surface area (Å²) in [6.07, 6.45) is 1.83. The van der Waals surface area contributed by atoms with Gasteiger partial charge in [-0.2, -0.15) is 0 Å². The van der Waals surface area contributed by atoms with Crippen molar-refractivity contribution >= 4 is 17.8 Å². The molecular formula is C17H25N5O4. The van der Waals surface area contributed by atoms with Gasteiger partial charge in [0.2, 0.25) is 0 Å². The highest BCUT2D eigenvalue weighted by molar-refractivity contribution is 5.92. The van der Waals surface area contributed by atoms with E-state index in [-0.39, 0.29) is 23.8 Å². The Kier molecular flexibility index (Phi) is 6.21. The lowest BCUT2D eigenvalue weighted by atomic mass is 10.2. The molecule has 0 aliphatic carbocycles. The zero-order valence-electron chi connectivity index (χ0n) is 15.0.